The monoisotopic (exact) mass is 705 g/mol. The van der Waals surface area contributed by atoms with Crippen LogP contribution in [0.3, 0.4) is 0 Å². The number of nitriles is 1. The molecule has 0 amide bonds. The highest BCUT2D eigenvalue weighted by Crippen LogP contribution is 2.42. The molecule has 4 saturated heterocycles. The second-order valence-electron chi connectivity index (χ2n) is 12.8. The lowest BCUT2D eigenvalue weighted by atomic mass is 9.95. The Kier molecular flexibility index (Phi) is 10.2. The number of halogens is 5. The molecule has 2 N–H and O–H groups in total. The van der Waals surface area contributed by atoms with Crippen LogP contribution in [0.15, 0.2) is 42.6 Å². The number of fused-ring (bicyclic) bond motifs is 5. The third kappa shape index (κ3) is 6.11. The van der Waals surface area contributed by atoms with Crippen LogP contribution in [0.2, 0.25) is 0 Å². The van der Waals surface area contributed by atoms with Crippen molar-refractivity contribution in [2.75, 3.05) is 37.7 Å². The number of aromatic nitrogens is 3. The van der Waals surface area contributed by atoms with Gasteiger partial charge in [0, 0.05) is 56.3 Å². The van der Waals surface area contributed by atoms with Gasteiger partial charge in [0.1, 0.15) is 35.6 Å². The molecule has 4 aromatic rings. The van der Waals surface area contributed by atoms with E-state index >= 15 is 4.39 Å². The topological polar surface area (TPSA) is 110 Å². The molecular weight excluding hydrogens is 671 g/mol. The molecule has 2 aromatic carbocycles. The molecule has 14 heteroatoms. The van der Waals surface area contributed by atoms with Crippen LogP contribution < -0.4 is 15.0 Å². The van der Waals surface area contributed by atoms with Crippen LogP contribution in [-0.2, 0) is 0 Å². The first kappa shape index (κ1) is 35.0. The lowest BCUT2D eigenvalue weighted by Gasteiger charge is -2.35. The number of ether oxygens (including phenoxy) is 1. The molecule has 250 valence electrons. The van der Waals surface area contributed by atoms with E-state index in [9.17, 15) is 14.8 Å². The molecule has 4 aliphatic heterocycles. The Morgan fingerprint density at radius 1 is 1.11 bits per heavy atom. The number of piperazine rings is 1. The Labute approximate surface area is 289 Å². The van der Waals surface area contributed by atoms with Gasteiger partial charge in [0.25, 0.3) is 0 Å². The van der Waals surface area contributed by atoms with E-state index in [1.165, 1.54) is 6.07 Å². The number of rotatable bonds is 6. The molecule has 0 spiro atoms. The van der Waals surface area contributed by atoms with Gasteiger partial charge < -0.3 is 20.1 Å². The predicted octanol–water partition coefficient (Wildman–Crippen LogP) is 5.99. The second-order valence-corrected chi connectivity index (χ2v) is 12.8. The van der Waals surface area contributed by atoms with Gasteiger partial charge in [0.2, 0.25) is 0 Å². The van der Waals surface area contributed by atoms with E-state index in [0.717, 1.165) is 36.6 Å². The number of anilines is 1. The third-order valence-corrected chi connectivity index (χ3v) is 10.1. The fourth-order valence-electron chi connectivity index (χ4n) is 8.11. The van der Waals surface area contributed by atoms with Gasteiger partial charge in [0.05, 0.1) is 17.0 Å². The number of alkyl halides is 1. The summed E-state index contributed by atoms with van der Waals surface area (Å²) in [4.78, 5) is 18.3. The maximum absolute atomic E-state index is 16.7. The van der Waals surface area contributed by atoms with Gasteiger partial charge in [-0.2, -0.15) is 15.2 Å². The summed E-state index contributed by atoms with van der Waals surface area (Å²) in [5, 5.41) is 25.4. The fraction of sp³-hybridized carbons (Fsp3) is 0.455. The van der Waals surface area contributed by atoms with Gasteiger partial charge in [-0.1, -0.05) is 24.3 Å². The minimum Gasteiger partial charge on any atom is -0.508 e. The van der Waals surface area contributed by atoms with Gasteiger partial charge in [-0.05, 0) is 54.6 Å². The van der Waals surface area contributed by atoms with Gasteiger partial charge in [0.15, 0.2) is 5.82 Å². The van der Waals surface area contributed by atoms with Crippen LogP contribution in [0.1, 0.15) is 32.1 Å². The Hall–Kier alpha value is -3.27. The third-order valence-electron chi connectivity index (χ3n) is 10.1. The first-order valence-corrected chi connectivity index (χ1v) is 15.4. The van der Waals surface area contributed by atoms with E-state index in [0.29, 0.717) is 49.2 Å². The summed E-state index contributed by atoms with van der Waals surface area (Å²) >= 11 is 0. The van der Waals surface area contributed by atoms with Crippen molar-refractivity contribution in [3.8, 4) is 29.1 Å². The molecule has 0 radical (unpaired) electrons. The molecule has 0 aliphatic carbocycles. The quantitative estimate of drug-likeness (QED) is 0.250. The van der Waals surface area contributed by atoms with Crippen molar-refractivity contribution in [1.82, 2.24) is 25.2 Å². The molecule has 0 saturated carbocycles. The van der Waals surface area contributed by atoms with Crippen LogP contribution in [0.5, 0.6) is 11.8 Å². The number of phenolic OH excluding ortho intramolecular Hbond substituents is 1. The molecule has 6 heterocycles. The number of benzene rings is 2. The zero-order valence-electron chi connectivity index (χ0n) is 25.4. The van der Waals surface area contributed by atoms with Gasteiger partial charge in [-0.3, -0.25) is 9.88 Å². The van der Waals surface area contributed by atoms with E-state index in [1.54, 1.807) is 12.3 Å². The number of hydrogen-bond acceptors (Lipinski definition) is 9. The molecule has 47 heavy (non-hydrogen) atoms. The number of aromatic hydroxyl groups is 1. The lowest BCUT2D eigenvalue weighted by Crippen LogP contribution is -2.52. The number of phenols is 1. The maximum Gasteiger partial charge on any atom is 0.319 e. The summed E-state index contributed by atoms with van der Waals surface area (Å²) in [6.07, 6.45) is 4.30. The summed E-state index contributed by atoms with van der Waals surface area (Å²) in [6.45, 7) is 2.72. The van der Waals surface area contributed by atoms with E-state index in [-0.39, 0.29) is 84.8 Å². The molecule has 4 aliphatic rings. The molecule has 2 unspecified atom stereocenters. The first-order valence-electron chi connectivity index (χ1n) is 15.4. The fourth-order valence-corrected chi connectivity index (χ4v) is 8.11. The van der Waals surface area contributed by atoms with E-state index < -0.39 is 17.5 Å². The van der Waals surface area contributed by atoms with Gasteiger partial charge in [-0.25, -0.2) is 8.78 Å². The number of nitrogens with one attached hydrogen (secondary N) is 1. The van der Waals surface area contributed by atoms with Crippen molar-refractivity contribution >= 4 is 64.7 Å². The van der Waals surface area contributed by atoms with E-state index in [2.05, 4.69) is 31.2 Å². The predicted molar refractivity (Wildman–Crippen MR) is 183 cm³/mol. The van der Waals surface area contributed by atoms with Gasteiger partial charge >= 0.3 is 6.01 Å². The molecule has 8 rings (SSSR count). The van der Waals surface area contributed by atoms with Crippen LogP contribution >= 0.6 is 37.2 Å². The Morgan fingerprint density at radius 2 is 1.94 bits per heavy atom. The Morgan fingerprint density at radius 3 is 2.77 bits per heavy atom. The summed E-state index contributed by atoms with van der Waals surface area (Å²) in [5.41, 5.74) is 0.213. The zero-order valence-corrected chi connectivity index (χ0v) is 27.9. The second kappa shape index (κ2) is 13.7. The maximum atomic E-state index is 16.7. The molecule has 9 nitrogen and oxygen atoms in total. The number of nitrogens with zero attached hydrogens (tertiary/aromatic N) is 6. The van der Waals surface area contributed by atoms with Crippen LogP contribution in [0.25, 0.3) is 32.9 Å². The van der Waals surface area contributed by atoms with Crippen molar-refractivity contribution in [3.05, 3.63) is 48.4 Å². The average Bonchev–Trinajstić information content (AvgIpc) is 3.64. The Balaban J connectivity index is 0.00000144. The van der Waals surface area contributed by atoms with Crippen molar-refractivity contribution in [2.24, 2.45) is 5.92 Å². The Bertz CT molecular complexity index is 1830. The average molecular weight is 707 g/mol. The highest BCUT2D eigenvalue weighted by atomic mass is 35.5. The van der Waals surface area contributed by atoms with Crippen LogP contribution in [0, 0.1) is 23.1 Å². The largest absolute Gasteiger partial charge is 0.508 e. The minimum absolute atomic E-state index is 0. The molecule has 2 bridgehead atoms. The molecule has 4 fully saturated rings. The van der Waals surface area contributed by atoms with E-state index in [4.69, 9.17) is 9.72 Å². The first-order chi connectivity index (χ1) is 21.4. The minimum atomic E-state index is -0.896. The van der Waals surface area contributed by atoms with Crippen molar-refractivity contribution in [2.45, 2.75) is 55.9 Å². The SMILES string of the molecule is Cl.Cl.Cl.N#CC[C@@H]1C[C@@H]2CN(c3nc(OCC45CCCN4CC(F)C5)nc4c(F)c(-c5cc(O)cc6ccccc56)ncc34)C[C@H]1N2. The summed E-state index contributed by atoms with van der Waals surface area (Å²) in [6, 6.07) is 13.3. The molecular formula is C33H36Cl3F2N7O2. The standard InChI is InChI=1S/C33H33F2N7O2.3ClH/c34-21-13-33(7-3-9-42(33)15-21)18-44-32-39-30-26(31(40-32)41-16-22-10-20(6-8-36)27(17-41)38-22)14-37-29(28(30)35)25-12-23(43)11-19-4-1-2-5-24(19)25;;;/h1-2,4-5,11-12,14,20-22,27,38,43H,3,6-7,9-10,13,15-18H2;3*1H/t20-,21?,22-,27-,33?;;;/m1.../s1. The lowest BCUT2D eigenvalue weighted by molar-refractivity contribution is 0.107. The summed E-state index contributed by atoms with van der Waals surface area (Å²) in [5.74, 6) is 0.160. The normalized spacial score (nSPS) is 26.3. The smallest absolute Gasteiger partial charge is 0.319 e. The van der Waals surface area contributed by atoms with Crippen LogP contribution in [0.4, 0.5) is 14.6 Å². The summed E-state index contributed by atoms with van der Waals surface area (Å²) < 4.78 is 37.4. The number of hydrogen-bond donors (Lipinski definition) is 2. The van der Waals surface area contributed by atoms with Crippen molar-refractivity contribution in [1.29, 1.82) is 5.26 Å². The van der Waals surface area contributed by atoms with Crippen LogP contribution in [-0.4, -0.2) is 81.5 Å². The van der Waals surface area contributed by atoms with Gasteiger partial charge in [-0.15, -0.1) is 37.2 Å². The zero-order chi connectivity index (χ0) is 30.0. The van der Waals surface area contributed by atoms with Crippen molar-refractivity contribution < 1.29 is 18.6 Å². The summed E-state index contributed by atoms with van der Waals surface area (Å²) in [7, 11) is 0. The number of pyridine rings is 1. The highest BCUT2D eigenvalue weighted by Gasteiger charge is 2.49. The highest BCUT2D eigenvalue weighted by molar-refractivity contribution is 6.00. The van der Waals surface area contributed by atoms with Crippen molar-refractivity contribution in [3.63, 3.8) is 0 Å². The molecule has 5 atom stereocenters. The molecule has 2 aromatic heterocycles. The van der Waals surface area contributed by atoms with E-state index in [1.807, 2.05) is 24.3 Å².